The minimum atomic E-state index is -4.72. The Hall–Kier alpha value is -5.64. The first kappa shape index (κ1) is 33.3. The van der Waals surface area contributed by atoms with E-state index in [0.29, 0.717) is 33.8 Å². The normalized spacial score (nSPS) is 17.4. The van der Waals surface area contributed by atoms with Gasteiger partial charge in [0.05, 0.1) is 48.1 Å². The molecule has 0 aliphatic carbocycles. The van der Waals surface area contributed by atoms with Gasteiger partial charge in [0.15, 0.2) is 0 Å². The number of carbonyl (C=O) groups is 2. The fourth-order valence-corrected chi connectivity index (χ4v) is 6.18. The van der Waals surface area contributed by atoms with E-state index >= 15 is 4.39 Å². The average Bonchev–Trinajstić information content (AvgIpc) is 3.32. The maximum Gasteiger partial charge on any atom is 0.416 e. The van der Waals surface area contributed by atoms with Gasteiger partial charge in [-0.3, -0.25) is 4.90 Å². The molecule has 1 N–H and O–H groups in total. The van der Waals surface area contributed by atoms with E-state index in [9.17, 15) is 33.1 Å². The van der Waals surface area contributed by atoms with Crippen LogP contribution in [0, 0.1) is 24.1 Å². The van der Waals surface area contributed by atoms with Crippen LogP contribution >= 0.6 is 0 Å². The lowest BCUT2D eigenvalue weighted by Crippen LogP contribution is -2.38. The van der Waals surface area contributed by atoms with E-state index in [0.717, 1.165) is 31.6 Å². The van der Waals surface area contributed by atoms with Crippen LogP contribution in [-0.2, 0) is 17.5 Å². The summed E-state index contributed by atoms with van der Waals surface area (Å²) >= 11 is 0. The number of amides is 1. The molecule has 6 rings (SSSR count). The predicted octanol–water partition coefficient (Wildman–Crippen LogP) is 7.75. The highest BCUT2D eigenvalue weighted by molar-refractivity contribution is 5.89. The van der Waals surface area contributed by atoms with E-state index in [2.05, 4.69) is 4.90 Å². The number of carboxylic acids is 1. The molecule has 0 radical (unpaired) electrons. The molecule has 0 saturated carbocycles. The Labute approximate surface area is 278 Å². The lowest BCUT2D eigenvalue weighted by Gasteiger charge is -2.33. The maximum atomic E-state index is 15.6. The smallest absolute Gasteiger partial charge is 0.416 e. The van der Waals surface area contributed by atoms with Crippen LogP contribution in [0.5, 0.6) is 5.75 Å². The first-order valence-electron chi connectivity index (χ1n) is 15.4. The van der Waals surface area contributed by atoms with E-state index in [1.54, 1.807) is 32.0 Å². The Morgan fingerprint density at radius 3 is 2.41 bits per heavy atom. The lowest BCUT2D eigenvalue weighted by atomic mass is 9.93. The highest BCUT2D eigenvalue weighted by Gasteiger charge is 2.42. The van der Waals surface area contributed by atoms with Crippen molar-refractivity contribution < 1.29 is 41.7 Å². The molecule has 3 aromatic carbocycles. The van der Waals surface area contributed by atoms with Crippen LogP contribution < -0.4 is 9.64 Å². The third-order valence-electron chi connectivity index (χ3n) is 8.93. The van der Waals surface area contributed by atoms with Crippen molar-refractivity contribution in [2.24, 2.45) is 0 Å². The summed E-state index contributed by atoms with van der Waals surface area (Å²) in [5, 5.41) is 18.8. The molecule has 1 aromatic heterocycles. The van der Waals surface area contributed by atoms with Crippen molar-refractivity contribution in [2.75, 3.05) is 25.1 Å². The van der Waals surface area contributed by atoms with Crippen LogP contribution in [0.2, 0.25) is 0 Å². The highest BCUT2D eigenvalue weighted by Crippen LogP contribution is 2.42. The number of ether oxygens (including phenoxy) is 2. The summed E-state index contributed by atoms with van der Waals surface area (Å²) in [6.07, 6.45) is -5.62. The highest BCUT2D eigenvalue weighted by atomic mass is 19.4. The third kappa shape index (κ3) is 6.34. The predicted molar refractivity (Wildman–Crippen MR) is 171 cm³/mol. The molecule has 9 nitrogen and oxygen atoms in total. The molecule has 2 atom stereocenters. The first-order valence-corrected chi connectivity index (χ1v) is 15.4. The Bertz CT molecular complexity index is 2020. The number of rotatable bonds is 8. The zero-order valence-corrected chi connectivity index (χ0v) is 26.6. The molecule has 2 fully saturated rings. The second-order valence-corrected chi connectivity index (χ2v) is 12.0. The number of carbonyl (C=O) groups excluding carboxylic acids is 1. The summed E-state index contributed by atoms with van der Waals surface area (Å²) in [4.78, 5) is 33.1. The molecule has 252 valence electrons. The van der Waals surface area contributed by atoms with Crippen molar-refractivity contribution in [1.82, 2.24) is 9.88 Å². The molecule has 1 unspecified atom stereocenters. The van der Waals surface area contributed by atoms with Crippen LogP contribution in [0.25, 0.3) is 22.3 Å². The number of aromatic nitrogens is 1. The van der Waals surface area contributed by atoms with Gasteiger partial charge in [0.25, 0.3) is 0 Å². The van der Waals surface area contributed by atoms with Gasteiger partial charge in [-0.25, -0.2) is 19.0 Å². The number of alkyl halides is 3. The molecule has 1 amide bonds. The first-order chi connectivity index (χ1) is 23.3. The lowest BCUT2D eigenvalue weighted by molar-refractivity contribution is -0.137. The van der Waals surface area contributed by atoms with Gasteiger partial charge >= 0.3 is 18.2 Å². The van der Waals surface area contributed by atoms with Gasteiger partial charge in [0.2, 0.25) is 0 Å². The summed E-state index contributed by atoms with van der Waals surface area (Å²) in [6, 6.07) is 14.7. The van der Waals surface area contributed by atoms with Crippen molar-refractivity contribution in [2.45, 2.75) is 45.1 Å². The molecular formula is C36H30F4N4O5. The second kappa shape index (κ2) is 12.8. The quantitative estimate of drug-likeness (QED) is 0.189. The Morgan fingerprint density at radius 1 is 1.06 bits per heavy atom. The van der Waals surface area contributed by atoms with Crippen molar-refractivity contribution >= 4 is 17.9 Å². The van der Waals surface area contributed by atoms with Crippen molar-refractivity contribution in [3.05, 3.63) is 100.0 Å². The SMILES string of the molecule is COc1cc(F)c(-c2ccc(C(=O)O)cc2C)cc1-c1ccc(N2CCC2)nc1CN1C(=O)OC(c2cc(C#N)cc(C(F)(F)F)c2)[C@@H]1C. The van der Waals surface area contributed by atoms with Crippen LogP contribution in [0.15, 0.2) is 60.7 Å². The monoisotopic (exact) mass is 674 g/mol. The number of halogens is 4. The summed E-state index contributed by atoms with van der Waals surface area (Å²) in [7, 11) is 1.39. The van der Waals surface area contributed by atoms with Gasteiger partial charge in [0.1, 0.15) is 23.5 Å². The van der Waals surface area contributed by atoms with Crippen molar-refractivity contribution in [1.29, 1.82) is 5.26 Å². The largest absolute Gasteiger partial charge is 0.496 e. The number of aromatic carboxylic acids is 1. The van der Waals surface area contributed by atoms with Gasteiger partial charge in [-0.15, -0.1) is 0 Å². The number of nitrogens with zero attached hydrogens (tertiary/aromatic N) is 4. The molecule has 13 heteroatoms. The van der Waals surface area contributed by atoms with E-state index in [4.69, 9.17) is 14.5 Å². The van der Waals surface area contributed by atoms with E-state index in [1.807, 2.05) is 6.07 Å². The van der Waals surface area contributed by atoms with Crippen molar-refractivity contribution in [3.63, 3.8) is 0 Å². The number of nitriles is 1. The minimum Gasteiger partial charge on any atom is -0.496 e. The Morgan fingerprint density at radius 2 is 1.80 bits per heavy atom. The molecule has 0 bridgehead atoms. The fraction of sp³-hybridized carbons (Fsp3) is 0.278. The third-order valence-corrected chi connectivity index (χ3v) is 8.93. The van der Waals surface area contributed by atoms with Gasteiger partial charge in [-0.05, 0) is 85.5 Å². The standard InChI is InChI=1S/C36H30F4N4O5/c1-19-11-22(34(45)46)5-6-25(19)27-15-28(31(48-3)16-29(27)37)26-7-8-32(43-9-4-10-43)42-30(26)18-44-20(2)33(49-35(44)47)23-12-21(17-41)13-24(14-23)36(38,39)40/h5-8,11-16,20,33H,4,9-10,18H2,1-3H3,(H,45,46)/t20-,33?/m0/s1. The summed E-state index contributed by atoms with van der Waals surface area (Å²) in [5.41, 5.74) is 1.41. The fourth-order valence-electron chi connectivity index (χ4n) is 6.18. The van der Waals surface area contributed by atoms with Crippen LogP contribution in [0.1, 0.15) is 57.8 Å². The number of hydrogen-bond donors (Lipinski definition) is 1. The van der Waals surface area contributed by atoms with Gasteiger partial charge in [-0.2, -0.15) is 18.4 Å². The van der Waals surface area contributed by atoms with E-state index in [1.165, 1.54) is 42.3 Å². The van der Waals surface area contributed by atoms with Gasteiger partial charge in [0, 0.05) is 35.8 Å². The maximum absolute atomic E-state index is 15.6. The van der Waals surface area contributed by atoms with Crippen molar-refractivity contribution in [3.8, 4) is 34.1 Å². The topological polar surface area (TPSA) is 116 Å². The number of hydrogen-bond acceptors (Lipinski definition) is 7. The molecule has 2 saturated heterocycles. The molecule has 0 spiro atoms. The minimum absolute atomic E-state index is 0.0337. The average molecular weight is 675 g/mol. The Kier molecular flexibility index (Phi) is 8.66. The van der Waals surface area contributed by atoms with Gasteiger partial charge < -0.3 is 19.5 Å². The summed E-state index contributed by atoms with van der Waals surface area (Å²) in [5.74, 6) is -0.877. The van der Waals surface area contributed by atoms with E-state index in [-0.39, 0.29) is 34.5 Å². The number of pyridine rings is 1. The number of benzene rings is 3. The molecule has 49 heavy (non-hydrogen) atoms. The number of methoxy groups -OCH3 is 1. The summed E-state index contributed by atoms with van der Waals surface area (Å²) < 4.78 is 67.7. The number of anilines is 1. The summed E-state index contributed by atoms with van der Waals surface area (Å²) in [6.45, 7) is 4.77. The molecule has 4 aromatic rings. The van der Waals surface area contributed by atoms with Crippen LogP contribution in [0.4, 0.5) is 28.2 Å². The van der Waals surface area contributed by atoms with Gasteiger partial charge in [-0.1, -0.05) is 6.07 Å². The number of aryl methyl sites for hydroxylation is 1. The van der Waals surface area contributed by atoms with E-state index < -0.39 is 41.8 Å². The molecule has 2 aliphatic rings. The Balaban J connectivity index is 1.42. The number of cyclic esters (lactones) is 1. The molecule has 3 heterocycles. The molecule has 2 aliphatic heterocycles. The molecular weight excluding hydrogens is 644 g/mol. The van der Waals surface area contributed by atoms with Crippen LogP contribution in [-0.4, -0.2) is 53.3 Å². The van der Waals surface area contributed by atoms with Crippen LogP contribution in [0.3, 0.4) is 0 Å². The second-order valence-electron chi connectivity index (χ2n) is 12.0. The zero-order chi connectivity index (χ0) is 35.2. The zero-order valence-electron chi connectivity index (χ0n) is 26.6. The number of carboxylic acid groups (broad SMARTS) is 1.